The van der Waals surface area contributed by atoms with Crippen LogP contribution in [0.2, 0.25) is 0 Å². The molecular weight excluding hydrogens is 280 g/mol. The minimum atomic E-state index is 0.204. The second-order valence-corrected chi connectivity index (χ2v) is 6.10. The van der Waals surface area contributed by atoms with E-state index in [4.69, 9.17) is 0 Å². The average Bonchev–Trinajstić information content (AvgIpc) is 2.94. The monoisotopic (exact) mass is 308 g/mol. The summed E-state index contributed by atoms with van der Waals surface area (Å²) in [6, 6.07) is 0.292. The molecule has 0 atom stereocenters. The molecule has 1 saturated heterocycles. The van der Waals surface area contributed by atoms with Gasteiger partial charge in [0.05, 0.1) is 0 Å². The number of hydrogen-bond donors (Lipinski definition) is 1. The van der Waals surface area contributed by atoms with Crippen LogP contribution in [-0.4, -0.2) is 45.2 Å². The number of tetrazole rings is 1. The molecule has 1 amide bonds. The third-order valence-electron chi connectivity index (χ3n) is 4.25. The summed E-state index contributed by atoms with van der Waals surface area (Å²) in [6.07, 6.45) is 8.50. The van der Waals surface area contributed by atoms with Crippen molar-refractivity contribution in [1.29, 1.82) is 0 Å². The topological polar surface area (TPSA) is 75.9 Å². The summed E-state index contributed by atoms with van der Waals surface area (Å²) in [5.74, 6) is 1.01. The first-order valence-electron chi connectivity index (χ1n) is 8.47. The minimum Gasteiger partial charge on any atom is -0.353 e. The molecule has 1 aromatic rings. The van der Waals surface area contributed by atoms with E-state index in [2.05, 4.69) is 32.7 Å². The van der Waals surface area contributed by atoms with Crippen molar-refractivity contribution in [3.05, 3.63) is 0 Å². The maximum absolute atomic E-state index is 11.9. The van der Waals surface area contributed by atoms with Crippen LogP contribution in [0, 0.1) is 0 Å². The molecule has 1 aromatic heterocycles. The van der Waals surface area contributed by atoms with Crippen LogP contribution in [-0.2, 0) is 11.8 Å². The fourth-order valence-electron chi connectivity index (χ4n) is 2.91. The Kier molecular flexibility index (Phi) is 6.61. The first-order chi connectivity index (χ1) is 10.7. The summed E-state index contributed by atoms with van der Waals surface area (Å²) in [4.78, 5) is 14.1. The number of carbonyl (C=O) groups is 1. The molecule has 7 heteroatoms. The molecule has 0 aliphatic carbocycles. The highest BCUT2D eigenvalue weighted by Gasteiger charge is 2.23. The van der Waals surface area contributed by atoms with Crippen molar-refractivity contribution in [3.63, 3.8) is 0 Å². The highest BCUT2D eigenvalue weighted by molar-refractivity contribution is 5.76. The number of hydrogen-bond acceptors (Lipinski definition) is 5. The van der Waals surface area contributed by atoms with Gasteiger partial charge in [0.25, 0.3) is 0 Å². The van der Waals surface area contributed by atoms with E-state index in [1.807, 2.05) is 7.05 Å². The molecule has 1 aliphatic heterocycles. The van der Waals surface area contributed by atoms with Crippen molar-refractivity contribution < 1.29 is 4.79 Å². The van der Waals surface area contributed by atoms with Crippen molar-refractivity contribution in [2.24, 2.45) is 7.05 Å². The summed E-state index contributed by atoms with van der Waals surface area (Å²) in [5.41, 5.74) is 0. The standard InChI is InChI=1S/C15H28N6O/c1-3-4-5-6-7-8-14(22)16-13-9-11-21(12-10-13)15-17-18-19-20(15)2/h13H,3-12H2,1-2H3,(H,16,22). The Balaban J connectivity index is 1.63. The molecule has 0 unspecified atom stereocenters. The Morgan fingerprint density at radius 2 is 1.95 bits per heavy atom. The van der Waals surface area contributed by atoms with Crippen molar-refractivity contribution in [1.82, 2.24) is 25.5 Å². The number of anilines is 1. The van der Waals surface area contributed by atoms with Crippen molar-refractivity contribution in [2.45, 2.75) is 64.3 Å². The zero-order chi connectivity index (χ0) is 15.8. The third kappa shape index (κ3) is 4.96. The molecule has 22 heavy (non-hydrogen) atoms. The maximum Gasteiger partial charge on any atom is 0.245 e. The summed E-state index contributed by atoms with van der Waals surface area (Å²) >= 11 is 0. The number of unbranched alkanes of at least 4 members (excludes halogenated alkanes) is 4. The Hall–Kier alpha value is -1.66. The molecule has 0 bridgehead atoms. The van der Waals surface area contributed by atoms with Gasteiger partial charge in [0.2, 0.25) is 11.9 Å². The van der Waals surface area contributed by atoms with Gasteiger partial charge < -0.3 is 10.2 Å². The maximum atomic E-state index is 11.9. The number of amides is 1. The lowest BCUT2D eigenvalue weighted by molar-refractivity contribution is -0.122. The van der Waals surface area contributed by atoms with Crippen LogP contribution in [0.5, 0.6) is 0 Å². The van der Waals surface area contributed by atoms with Gasteiger partial charge in [-0.1, -0.05) is 37.7 Å². The van der Waals surface area contributed by atoms with Crippen LogP contribution < -0.4 is 10.2 Å². The number of piperidine rings is 1. The van der Waals surface area contributed by atoms with Crippen LogP contribution in [0.25, 0.3) is 0 Å². The summed E-state index contributed by atoms with van der Waals surface area (Å²) in [7, 11) is 1.85. The quantitative estimate of drug-likeness (QED) is 0.739. The number of rotatable bonds is 8. The molecule has 1 fully saturated rings. The predicted molar refractivity (Wildman–Crippen MR) is 85.6 cm³/mol. The van der Waals surface area contributed by atoms with E-state index in [1.54, 1.807) is 4.68 Å². The Morgan fingerprint density at radius 3 is 2.59 bits per heavy atom. The van der Waals surface area contributed by atoms with Crippen LogP contribution >= 0.6 is 0 Å². The molecule has 7 nitrogen and oxygen atoms in total. The van der Waals surface area contributed by atoms with Gasteiger partial charge in [-0.05, 0) is 29.7 Å². The molecule has 2 rings (SSSR count). The van der Waals surface area contributed by atoms with Gasteiger partial charge in [-0.2, -0.15) is 0 Å². The Bertz CT molecular complexity index is 453. The second kappa shape index (κ2) is 8.70. The fourth-order valence-corrected chi connectivity index (χ4v) is 2.91. The molecular formula is C15H28N6O. The highest BCUT2D eigenvalue weighted by atomic mass is 16.1. The van der Waals surface area contributed by atoms with Crippen molar-refractivity contribution in [3.8, 4) is 0 Å². The SMILES string of the molecule is CCCCCCCC(=O)NC1CCN(c2nnnn2C)CC1. The Labute approximate surface area is 132 Å². The average molecular weight is 308 g/mol. The summed E-state index contributed by atoms with van der Waals surface area (Å²) in [6.45, 7) is 3.97. The summed E-state index contributed by atoms with van der Waals surface area (Å²) < 4.78 is 1.69. The number of aryl methyl sites for hydroxylation is 1. The van der Waals surface area contributed by atoms with Crippen LogP contribution in [0.4, 0.5) is 5.95 Å². The molecule has 0 radical (unpaired) electrons. The first kappa shape index (κ1) is 16.7. The van der Waals surface area contributed by atoms with Crippen LogP contribution in [0.15, 0.2) is 0 Å². The number of nitrogens with zero attached hydrogens (tertiary/aromatic N) is 5. The molecule has 124 valence electrons. The van der Waals surface area contributed by atoms with E-state index in [9.17, 15) is 4.79 Å². The predicted octanol–water partition coefficient (Wildman–Crippen LogP) is 1.66. The smallest absolute Gasteiger partial charge is 0.245 e. The second-order valence-electron chi connectivity index (χ2n) is 6.10. The van der Waals surface area contributed by atoms with Crippen molar-refractivity contribution in [2.75, 3.05) is 18.0 Å². The van der Waals surface area contributed by atoms with E-state index in [0.717, 1.165) is 38.3 Å². The zero-order valence-electron chi connectivity index (χ0n) is 13.8. The molecule has 0 saturated carbocycles. The van der Waals surface area contributed by atoms with Gasteiger partial charge in [0, 0.05) is 32.6 Å². The number of aromatic nitrogens is 4. The van der Waals surface area contributed by atoms with Gasteiger partial charge >= 0.3 is 0 Å². The lowest BCUT2D eigenvalue weighted by Gasteiger charge is -2.32. The normalized spacial score (nSPS) is 16.0. The summed E-state index contributed by atoms with van der Waals surface area (Å²) in [5, 5.41) is 14.7. The molecule has 0 spiro atoms. The zero-order valence-corrected chi connectivity index (χ0v) is 13.8. The van der Waals surface area contributed by atoms with Crippen molar-refractivity contribution >= 4 is 11.9 Å². The van der Waals surface area contributed by atoms with E-state index < -0.39 is 0 Å². The van der Waals surface area contributed by atoms with Gasteiger partial charge in [0.1, 0.15) is 0 Å². The van der Waals surface area contributed by atoms with Crippen LogP contribution in [0.1, 0.15) is 58.3 Å². The van der Waals surface area contributed by atoms with Gasteiger partial charge in [0.15, 0.2) is 0 Å². The molecule has 1 N–H and O–H groups in total. The molecule has 2 heterocycles. The van der Waals surface area contributed by atoms with Crippen LogP contribution in [0.3, 0.4) is 0 Å². The minimum absolute atomic E-state index is 0.204. The lowest BCUT2D eigenvalue weighted by Crippen LogP contribution is -2.45. The van der Waals surface area contributed by atoms with E-state index in [-0.39, 0.29) is 5.91 Å². The van der Waals surface area contributed by atoms with E-state index >= 15 is 0 Å². The fraction of sp³-hybridized carbons (Fsp3) is 0.867. The lowest BCUT2D eigenvalue weighted by atomic mass is 10.0. The number of nitrogens with one attached hydrogen (secondary N) is 1. The highest BCUT2D eigenvalue weighted by Crippen LogP contribution is 2.16. The van der Waals surface area contributed by atoms with Gasteiger partial charge in [-0.15, -0.1) is 0 Å². The molecule has 1 aliphatic rings. The van der Waals surface area contributed by atoms with Gasteiger partial charge in [-0.25, -0.2) is 4.68 Å². The Morgan fingerprint density at radius 1 is 1.23 bits per heavy atom. The van der Waals surface area contributed by atoms with E-state index in [0.29, 0.717) is 12.5 Å². The van der Waals surface area contributed by atoms with Gasteiger partial charge in [-0.3, -0.25) is 4.79 Å². The van der Waals surface area contributed by atoms with E-state index in [1.165, 1.54) is 25.7 Å². The first-order valence-corrected chi connectivity index (χ1v) is 8.47. The number of carbonyl (C=O) groups excluding carboxylic acids is 1. The molecule has 0 aromatic carbocycles. The third-order valence-corrected chi connectivity index (χ3v) is 4.25. The largest absolute Gasteiger partial charge is 0.353 e.